The Kier molecular flexibility index (Phi) is 6.43. The molecule has 1 aromatic heterocycles. The first-order valence-corrected chi connectivity index (χ1v) is 7.72. The molecule has 2 heterocycles. The summed E-state index contributed by atoms with van der Waals surface area (Å²) in [4.78, 5) is 6.81. The van der Waals surface area contributed by atoms with Gasteiger partial charge in [-0.2, -0.15) is 0 Å². The van der Waals surface area contributed by atoms with Gasteiger partial charge in [0.05, 0.1) is 6.61 Å². The van der Waals surface area contributed by atoms with E-state index in [-0.39, 0.29) is 0 Å². The van der Waals surface area contributed by atoms with Gasteiger partial charge in [-0.05, 0) is 38.6 Å². The van der Waals surface area contributed by atoms with Crippen LogP contribution in [-0.4, -0.2) is 55.3 Å². The molecule has 2 unspecified atom stereocenters. The fraction of sp³-hybridized carbons (Fsp3) is 0.688. The van der Waals surface area contributed by atoms with Gasteiger partial charge >= 0.3 is 0 Å². The molecule has 1 aliphatic heterocycles. The lowest BCUT2D eigenvalue weighted by Crippen LogP contribution is -2.54. The summed E-state index contributed by atoms with van der Waals surface area (Å²) in [6.07, 6.45) is 5.15. The number of likely N-dealkylation sites (N-methyl/N-ethyl adjacent to an activating group) is 1. The van der Waals surface area contributed by atoms with Crippen molar-refractivity contribution in [3.8, 4) is 0 Å². The van der Waals surface area contributed by atoms with E-state index in [2.05, 4.69) is 41.3 Å². The summed E-state index contributed by atoms with van der Waals surface area (Å²) >= 11 is 0. The summed E-state index contributed by atoms with van der Waals surface area (Å²) in [6, 6.07) is 7.14. The number of hydrogen-bond acceptors (Lipinski definition) is 4. The Morgan fingerprint density at radius 3 is 3.10 bits per heavy atom. The number of hydrogen-bond donors (Lipinski definition) is 1. The minimum Gasteiger partial charge on any atom is -0.380 e. The molecule has 0 saturated carbocycles. The maximum Gasteiger partial charge on any atom is 0.0636 e. The molecule has 1 fully saturated rings. The maximum absolute atomic E-state index is 5.67. The van der Waals surface area contributed by atoms with Gasteiger partial charge < -0.3 is 10.1 Å². The van der Waals surface area contributed by atoms with Crippen molar-refractivity contribution in [1.82, 2.24) is 15.2 Å². The van der Waals surface area contributed by atoms with E-state index in [9.17, 15) is 0 Å². The quantitative estimate of drug-likeness (QED) is 0.823. The third kappa shape index (κ3) is 4.54. The lowest BCUT2D eigenvalue weighted by molar-refractivity contribution is 0.00644. The number of nitrogens with zero attached hydrogens (tertiary/aromatic N) is 2. The minimum atomic E-state index is 0.471. The number of pyridine rings is 1. The van der Waals surface area contributed by atoms with Gasteiger partial charge in [0.25, 0.3) is 0 Å². The van der Waals surface area contributed by atoms with Crippen LogP contribution in [0.15, 0.2) is 24.4 Å². The molecule has 1 aromatic rings. The van der Waals surface area contributed by atoms with E-state index in [1.165, 1.54) is 6.42 Å². The standard InChI is InChI=1S/C16H27N3O/c1-3-9-18-15-8-12-20-13-16(15)19(2)11-7-14-6-4-5-10-17-14/h4-6,10,15-16,18H,3,7-9,11-13H2,1-2H3. The zero-order chi connectivity index (χ0) is 14.2. The molecular formula is C16H27N3O. The van der Waals surface area contributed by atoms with Crippen LogP contribution in [0.2, 0.25) is 0 Å². The van der Waals surface area contributed by atoms with Crippen molar-refractivity contribution >= 4 is 0 Å². The normalized spacial score (nSPS) is 23.1. The Labute approximate surface area is 122 Å². The Morgan fingerprint density at radius 1 is 1.45 bits per heavy atom. The van der Waals surface area contributed by atoms with Gasteiger partial charge in [-0.1, -0.05) is 13.0 Å². The largest absolute Gasteiger partial charge is 0.380 e. The van der Waals surface area contributed by atoms with Crippen LogP contribution < -0.4 is 5.32 Å². The fourth-order valence-corrected chi connectivity index (χ4v) is 2.73. The van der Waals surface area contributed by atoms with Crippen LogP contribution in [0.4, 0.5) is 0 Å². The van der Waals surface area contributed by atoms with Crippen molar-refractivity contribution in [1.29, 1.82) is 0 Å². The zero-order valence-electron chi connectivity index (χ0n) is 12.7. The van der Waals surface area contributed by atoms with E-state index >= 15 is 0 Å². The molecule has 0 amide bonds. The monoisotopic (exact) mass is 277 g/mol. The Bertz CT molecular complexity index is 371. The summed E-state index contributed by atoms with van der Waals surface area (Å²) < 4.78 is 5.67. The summed E-state index contributed by atoms with van der Waals surface area (Å²) in [5, 5.41) is 3.66. The van der Waals surface area contributed by atoms with E-state index in [1.54, 1.807) is 0 Å². The Hall–Kier alpha value is -0.970. The number of rotatable bonds is 7. The molecule has 0 spiro atoms. The SMILES string of the molecule is CCCNC1CCOCC1N(C)CCc1ccccn1. The number of aromatic nitrogens is 1. The summed E-state index contributed by atoms with van der Waals surface area (Å²) in [6.45, 7) is 6.04. The van der Waals surface area contributed by atoms with Crippen molar-refractivity contribution in [3.05, 3.63) is 30.1 Å². The molecule has 0 aliphatic carbocycles. The predicted molar refractivity (Wildman–Crippen MR) is 81.9 cm³/mol. The molecule has 1 N–H and O–H groups in total. The van der Waals surface area contributed by atoms with E-state index < -0.39 is 0 Å². The first-order chi connectivity index (χ1) is 9.81. The van der Waals surface area contributed by atoms with Crippen molar-refractivity contribution in [2.45, 2.75) is 38.3 Å². The lowest BCUT2D eigenvalue weighted by atomic mass is 10.0. The van der Waals surface area contributed by atoms with Gasteiger partial charge in [0.2, 0.25) is 0 Å². The zero-order valence-corrected chi connectivity index (χ0v) is 12.7. The highest BCUT2D eigenvalue weighted by Gasteiger charge is 2.28. The molecule has 0 aromatic carbocycles. The second-order valence-electron chi connectivity index (χ2n) is 5.54. The number of ether oxygens (including phenoxy) is 1. The second-order valence-corrected chi connectivity index (χ2v) is 5.54. The van der Waals surface area contributed by atoms with Crippen LogP contribution in [0.1, 0.15) is 25.5 Å². The molecule has 20 heavy (non-hydrogen) atoms. The number of nitrogens with one attached hydrogen (secondary N) is 1. The van der Waals surface area contributed by atoms with E-state index in [4.69, 9.17) is 4.74 Å². The molecule has 1 saturated heterocycles. The van der Waals surface area contributed by atoms with Crippen LogP contribution in [0.25, 0.3) is 0 Å². The second kappa shape index (κ2) is 8.35. The average Bonchev–Trinajstić information content (AvgIpc) is 2.52. The van der Waals surface area contributed by atoms with E-state index in [0.717, 1.165) is 44.8 Å². The summed E-state index contributed by atoms with van der Waals surface area (Å²) in [5.74, 6) is 0. The Balaban J connectivity index is 1.84. The lowest BCUT2D eigenvalue weighted by Gasteiger charge is -2.38. The molecule has 4 heteroatoms. The maximum atomic E-state index is 5.67. The van der Waals surface area contributed by atoms with Crippen molar-refractivity contribution < 1.29 is 4.74 Å². The topological polar surface area (TPSA) is 37.4 Å². The van der Waals surface area contributed by atoms with Crippen LogP contribution in [0.3, 0.4) is 0 Å². The van der Waals surface area contributed by atoms with Crippen LogP contribution in [-0.2, 0) is 11.2 Å². The van der Waals surface area contributed by atoms with Crippen LogP contribution >= 0.6 is 0 Å². The highest BCUT2D eigenvalue weighted by atomic mass is 16.5. The summed E-state index contributed by atoms with van der Waals surface area (Å²) in [5.41, 5.74) is 1.16. The Morgan fingerprint density at radius 2 is 2.35 bits per heavy atom. The smallest absolute Gasteiger partial charge is 0.0636 e. The third-order valence-corrected chi connectivity index (χ3v) is 4.00. The van der Waals surface area contributed by atoms with E-state index in [0.29, 0.717) is 12.1 Å². The highest BCUT2D eigenvalue weighted by molar-refractivity contribution is 5.04. The molecule has 4 nitrogen and oxygen atoms in total. The molecule has 0 radical (unpaired) electrons. The third-order valence-electron chi connectivity index (χ3n) is 4.00. The molecule has 2 rings (SSSR count). The van der Waals surface area contributed by atoms with Gasteiger partial charge in [0, 0.05) is 43.5 Å². The van der Waals surface area contributed by atoms with Crippen LogP contribution in [0.5, 0.6) is 0 Å². The van der Waals surface area contributed by atoms with Crippen molar-refractivity contribution in [2.75, 3.05) is 33.4 Å². The van der Waals surface area contributed by atoms with Crippen molar-refractivity contribution in [3.63, 3.8) is 0 Å². The van der Waals surface area contributed by atoms with Crippen molar-refractivity contribution in [2.24, 2.45) is 0 Å². The van der Waals surface area contributed by atoms with Gasteiger partial charge in [0.15, 0.2) is 0 Å². The first-order valence-electron chi connectivity index (χ1n) is 7.72. The summed E-state index contributed by atoms with van der Waals surface area (Å²) in [7, 11) is 2.20. The van der Waals surface area contributed by atoms with Crippen LogP contribution in [0, 0.1) is 0 Å². The molecular weight excluding hydrogens is 250 g/mol. The highest BCUT2D eigenvalue weighted by Crippen LogP contribution is 2.14. The molecule has 1 aliphatic rings. The average molecular weight is 277 g/mol. The minimum absolute atomic E-state index is 0.471. The van der Waals surface area contributed by atoms with Gasteiger partial charge in [0.1, 0.15) is 0 Å². The first kappa shape index (κ1) is 15.4. The fourth-order valence-electron chi connectivity index (χ4n) is 2.73. The van der Waals surface area contributed by atoms with Gasteiger partial charge in [-0.15, -0.1) is 0 Å². The predicted octanol–water partition coefficient (Wildman–Crippen LogP) is 1.71. The molecule has 0 bridgehead atoms. The molecule has 112 valence electrons. The van der Waals surface area contributed by atoms with Gasteiger partial charge in [-0.25, -0.2) is 0 Å². The van der Waals surface area contributed by atoms with E-state index in [1.807, 2.05) is 12.3 Å². The van der Waals surface area contributed by atoms with Gasteiger partial charge in [-0.3, -0.25) is 9.88 Å². The molecule has 2 atom stereocenters.